The third-order valence-electron chi connectivity index (χ3n) is 3.70. The van der Waals surface area contributed by atoms with Gasteiger partial charge in [0.05, 0.1) is 18.9 Å². The highest BCUT2D eigenvalue weighted by molar-refractivity contribution is 6.06. The van der Waals surface area contributed by atoms with Gasteiger partial charge >= 0.3 is 6.18 Å². The molecule has 0 atom stereocenters. The van der Waals surface area contributed by atoms with Crippen LogP contribution in [0.1, 0.15) is 15.9 Å². The molecule has 0 fully saturated rings. The smallest absolute Gasteiger partial charge is 0.417 e. The summed E-state index contributed by atoms with van der Waals surface area (Å²) in [5.74, 6) is -0.147. The van der Waals surface area contributed by atoms with Crippen LogP contribution in [-0.2, 0) is 6.18 Å². The maximum Gasteiger partial charge on any atom is 0.417 e. The Labute approximate surface area is 151 Å². The molecule has 2 aromatic heterocycles. The maximum absolute atomic E-state index is 12.6. The van der Waals surface area contributed by atoms with Crippen molar-refractivity contribution in [3.63, 3.8) is 0 Å². The van der Waals surface area contributed by atoms with Crippen LogP contribution < -0.4 is 15.8 Å². The van der Waals surface area contributed by atoms with Crippen LogP contribution in [0.3, 0.4) is 0 Å². The minimum atomic E-state index is -4.50. The molecule has 1 aromatic carbocycles. The molecule has 0 spiro atoms. The normalized spacial score (nSPS) is 11.3. The summed E-state index contributed by atoms with van der Waals surface area (Å²) in [6.45, 7) is 0. The number of para-hydroxylation sites is 2. The minimum Gasteiger partial charge on any atom is -0.494 e. The van der Waals surface area contributed by atoms with Crippen LogP contribution >= 0.6 is 0 Å². The van der Waals surface area contributed by atoms with Crippen LogP contribution in [0.2, 0.25) is 0 Å². The summed E-state index contributed by atoms with van der Waals surface area (Å²) >= 11 is 0. The first-order valence-corrected chi connectivity index (χ1v) is 7.62. The van der Waals surface area contributed by atoms with E-state index in [9.17, 15) is 18.0 Å². The molecule has 7 nitrogen and oxygen atoms in total. The summed E-state index contributed by atoms with van der Waals surface area (Å²) in [4.78, 5) is 16.0. The maximum atomic E-state index is 12.6. The highest BCUT2D eigenvalue weighted by Gasteiger charge is 2.30. The fraction of sp³-hybridized carbons (Fsp3) is 0.118. The second kappa shape index (κ2) is 6.98. The molecular formula is C17H14F3N5O2. The fourth-order valence-electron chi connectivity index (χ4n) is 2.35. The van der Waals surface area contributed by atoms with Gasteiger partial charge in [-0.05, 0) is 24.3 Å². The number of nitrogen functional groups attached to an aromatic ring is 1. The number of carbonyl (C=O) groups is 1. The number of methoxy groups -OCH3 is 1. The standard InChI is InChI=1S/C17H14F3N5O2/c1-27-13-5-3-2-4-12(13)25-15(21)11(9-23-25)16(26)24-14-7-6-10(8-22-14)17(18,19)20/h2-9H,21H2,1H3,(H,22,24,26). The van der Waals surface area contributed by atoms with Gasteiger partial charge in [-0.1, -0.05) is 12.1 Å². The molecule has 1 amide bonds. The molecule has 10 heteroatoms. The molecule has 0 aliphatic carbocycles. The van der Waals surface area contributed by atoms with Crippen molar-refractivity contribution in [1.29, 1.82) is 0 Å². The Morgan fingerprint density at radius 3 is 2.56 bits per heavy atom. The van der Waals surface area contributed by atoms with Gasteiger partial charge in [0.15, 0.2) is 0 Å². The van der Waals surface area contributed by atoms with Crippen LogP contribution in [0.4, 0.5) is 24.8 Å². The van der Waals surface area contributed by atoms with Gasteiger partial charge in [-0.3, -0.25) is 4.79 Å². The fourth-order valence-corrected chi connectivity index (χ4v) is 2.35. The number of carbonyl (C=O) groups excluding carboxylic acids is 1. The van der Waals surface area contributed by atoms with Gasteiger partial charge in [-0.2, -0.15) is 18.3 Å². The molecule has 3 aromatic rings. The highest BCUT2D eigenvalue weighted by atomic mass is 19.4. The lowest BCUT2D eigenvalue weighted by Gasteiger charge is -2.10. The van der Waals surface area contributed by atoms with Gasteiger partial charge in [-0.25, -0.2) is 9.67 Å². The number of hydrogen-bond donors (Lipinski definition) is 2. The van der Waals surface area contributed by atoms with E-state index >= 15 is 0 Å². The predicted molar refractivity (Wildman–Crippen MR) is 91.7 cm³/mol. The van der Waals surface area contributed by atoms with E-state index in [-0.39, 0.29) is 17.2 Å². The topological polar surface area (TPSA) is 95.1 Å². The van der Waals surface area contributed by atoms with Crippen LogP contribution in [0.25, 0.3) is 5.69 Å². The van der Waals surface area contributed by atoms with E-state index in [0.29, 0.717) is 17.6 Å². The van der Waals surface area contributed by atoms with E-state index in [1.165, 1.54) is 18.0 Å². The van der Waals surface area contributed by atoms with Crippen LogP contribution in [0, 0.1) is 0 Å². The number of anilines is 2. The first-order chi connectivity index (χ1) is 12.8. The van der Waals surface area contributed by atoms with Crippen molar-refractivity contribution in [2.75, 3.05) is 18.2 Å². The van der Waals surface area contributed by atoms with E-state index in [2.05, 4.69) is 15.4 Å². The van der Waals surface area contributed by atoms with Crippen LogP contribution in [-0.4, -0.2) is 27.8 Å². The van der Waals surface area contributed by atoms with Crippen LogP contribution in [0.5, 0.6) is 5.75 Å². The average Bonchev–Trinajstić information content (AvgIpc) is 3.02. The molecule has 0 unspecified atom stereocenters. The SMILES string of the molecule is COc1ccccc1-n1ncc(C(=O)Nc2ccc(C(F)(F)F)cn2)c1N. The van der Waals surface area contributed by atoms with Gasteiger partial charge in [0.2, 0.25) is 0 Å². The van der Waals surface area contributed by atoms with E-state index < -0.39 is 17.6 Å². The predicted octanol–water partition coefficient (Wildman–Crippen LogP) is 3.13. The van der Waals surface area contributed by atoms with E-state index in [1.54, 1.807) is 24.3 Å². The van der Waals surface area contributed by atoms with Crippen molar-refractivity contribution in [1.82, 2.24) is 14.8 Å². The molecule has 0 aliphatic rings. The largest absolute Gasteiger partial charge is 0.494 e. The average molecular weight is 377 g/mol. The number of nitrogens with zero attached hydrogens (tertiary/aromatic N) is 3. The van der Waals surface area contributed by atoms with E-state index in [1.807, 2.05) is 0 Å². The van der Waals surface area contributed by atoms with E-state index in [0.717, 1.165) is 12.1 Å². The number of amides is 1. The second-order valence-corrected chi connectivity index (χ2v) is 5.41. The molecule has 0 saturated carbocycles. The Balaban J connectivity index is 1.83. The monoisotopic (exact) mass is 377 g/mol. The molecular weight excluding hydrogens is 363 g/mol. The zero-order valence-corrected chi connectivity index (χ0v) is 14.0. The van der Waals surface area contributed by atoms with Crippen molar-refractivity contribution < 1.29 is 22.7 Å². The van der Waals surface area contributed by atoms with Crippen molar-refractivity contribution in [3.05, 3.63) is 59.9 Å². The first kappa shape index (κ1) is 18.2. The molecule has 140 valence electrons. The summed E-state index contributed by atoms with van der Waals surface area (Å²) in [6, 6.07) is 8.83. The summed E-state index contributed by atoms with van der Waals surface area (Å²) in [7, 11) is 1.49. The van der Waals surface area contributed by atoms with Crippen molar-refractivity contribution in [2.45, 2.75) is 6.18 Å². The van der Waals surface area contributed by atoms with Crippen molar-refractivity contribution in [2.24, 2.45) is 0 Å². The van der Waals surface area contributed by atoms with E-state index in [4.69, 9.17) is 10.5 Å². The Morgan fingerprint density at radius 2 is 1.93 bits per heavy atom. The lowest BCUT2D eigenvalue weighted by Crippen LogP contribution is -2.15. The minimum absolute atomic E-state index is 0.0440. The number of nitrogens with two attached hydrogens (primary N) is 1. The van der Waals surface area contributed by atoms with Gasteiger partial charge in [-0.15, -0.1) is 0 Å². The molecule has 0 aliphatic heterocycles. The lowest BCUT2D eigenvalue weighted by atomic mass is 10.2. The summed E-state index contributed by atoms with van der Waals surface area (Å²) < 4.78 is 44.2. The molecule has 0 radical (unpaired) electrons. The number of alkyl halides is 3. The number of rotatable bonds is 4. The van der Waals surface area contributed by atoms with Crippen LogP contribution in [0.15, 0.2) is 48.8 Å². The number of nitrogens with one attached hydrogen (secondary N) is 1. The molecule has 3 rings (SSSR count). The lowest BCUT2D eigenvalue weighted by molar-refractivity contribution is -0.137. The Bertz CT molecular complexity index is 967. The number of aromatic nitrogens is 3. The van der Waals surface area contributed by atoms with Crippen molar-refractivity contribution in [3.8, 4) is 11.4 Å². The highest BCUT2D eigenvalue weighted by Crippen LogP contribution is 2.29. The first-order valence-electron chi connectivity index (χ1n) is 7.62. The Hall–Kier alpha value is -3.56. The number of pyridine rings is 1. The van der Waals surface area contributed by atoms with Gasteiger partial charge < -0.3 is 15.8 Å². The third kappa shape index (κ3) is 3.68. The molecule has 3 N–H and O–H groups in total. The van der Waals surface area contributed by atoms with Gasteiger partial charge in [0.1, 0.15) is 28.6 Å². The molecule has 2 heterocycles. The Kier molecular flexibility index (Phi) is 4.72. The second-order valence-electron chi connectivity index (χ2n) is 5.41. The molecule has 0 saturated heterocycles. The summed E-state index contributed by atoms with van der Waals surface area (Å²) in [6.07, 6.45) is -2.62. The number of hydrogen-bond acceptors (Lipinski definition) is 5. The van der Waals surface area contributed by atoms with Gasteiger partial charge in [0.25, 0.3) is 5.91 Å². The molecule has 27 heavy (non-hydrogen) atoms. The third-order valence-corrected chi connectivity index (χ3v) is 3.70. The summed E-state index contributed by atoms with van der Waals surface area (Å²) in [5, 5.41) is 6.47. The summed E-state index contributed by atoms with van der Waals surface area (Å²) in [5.41, 5.74) is 5.67. The Morgan fingerprint density at radius 1 is 1.19 bits per heavy atom. The van der Waals surface area contributed by atoms with Gasteiger partial charge in [0, 0.05) is 6.20 Å². The number of halogens is 3. The zero-order chi connectivity index (χ0) is 19.6. The number of ether oxygens (including phenoxy) is 1. The number of benzene rings is 1. The molecule has 0 bridgehead atoms. The van der Waals surface area contributed by atoms with Crippen molar-refractivity contribution >= 4 is 17.5 Å². The zero-order valence-electron chi connectivity index (χ0n) is 14.0. The quantitative estimate of drug-likeness (QED) is 0.728.